The van der Waals surface area contributed by atoms with Crippen molar-refractivity contribution in [2.24, 2.45) is 10.1 Å². The van der Waals surface area contributed by atoms with Crippen LogP contribution in [0.3, 0.4) is 0 Å². The molecule has 28 heavy (non-hydrogen) atoms. The molecule has 1 aromatic heterocycles. The molecule has 1 unspecified atom stereocenters. The van der Waals surface area contributed by atoms with Crippen LogP contribution in [0, 0.1) is 5.82 Å². The fourth-order valence-corrected chi connectivity index (χ4v) is 4.24. The number of aromatic nitrogens is 1. The molecule has 5 rings (SSSR count). The molecule has 3 aromatic rings. The lowest BCUT2D eigenvalue weighted by atomic mass is 9.81. The summed E-state index contributed by atoms with van der Waals surface area (Å²) in [6.45, 7) is 1.60. The standard InChI is InChI=1S/C22H22FN5/c1-28(22-24-9-10-25-22)27-20-12-15(14-5-3-2-4-6-14)11-19-21(20)17-13-16(23)7-8-18(17)26-19/h2-8,13,15,26H,9-12H2,1H3,(H,24,25). The van der Waals surface area contributed by atoms with Gasteiger partial charge >= 0.3 is 0 Å². The minimum Gasteiger partial charge on any atom is -0.358 e. The Balaban J connectivity index is 1.63. The van der Waals surface area contributed by atoms with Crippen molar-refractivity contribution >= 4 is 22.6 Å². The van der Waals surface area contributed by atoms with Crippen LogP contribution in [0.4, 0.5) is 4.39 Å². The molecule has 0 amide bonds. The summed E-state index contributed by atoms with van der Waals surface area (Å²) in [5, 5.41) is 10.9. The van der Waals surface area contributed by atoms with Gasteiger partial charge in [0.15, 0.2) is 0 Å². The maximum atomic E-state index is 14.0. The number of nitrogens with zero attached hydrogens (tertiary/aromatic N) is 3. The summed E-state index contributed by atoms with van der Waals surface area (Å²) in [4.78, 5) is 7.96. The van der Waals surface area contributed by atoms with E-state index in [1.165, 1.54) is 11.6 Å². The summed E-state index contributed by atoms with van der Waals surface area (Å²) in [5.41, 5.74) is 5.36. The minimum atomic E-state index is -0.228. The van der Waals surface area contributed by atoms with Crippen molar-refractivity contribution in [3.63, 3.8) is 0 Å². The van der Waals surface area contributed by atoms with Gasteiger partial charge in [-0.3, -0.25) is 0 Å². The first-order valence-electron chi connectivity index (χ1n) is 9.64. The summed E-state index contributed by atoms with van der Waals surface area (Å²) < 4.78 is 14.0. The van der Waals surface area contributed by atoms with E-state index in [2.05, 4.69) is 39.6 Å². The molecule has 0 saturated carbocycles. The van der Waals surface area contributed by atoms with Crippen molar-refractivity contribution < 1.29 is 4.39 Å². The van der Waals surface area contributed by atoms with Crippen molar-refractivity contribution in [2.45, 2.75) is 18.8 Å². The van der Waals surface area contributed by atoms with Crippen LogP contribution in [0.25, 0.3) is 10.9 Å². The number of aromatic amines is 1. The van der Waals surface area contributed by atoms with E-state index in [1.54, 1.807) is 11.1 Å². The van der Waals surface area contributed by atoms with E-state index in [1.807, 2.05) is 19.2 Å². The molecule has 2 aromatic carbocycles. The molecule has 0 spiro atoms. The number of hydrogen-bond donors (Lipinski definition) is 2. The van der Waals surface area contributed by atoms with E-state index in [4.69, 9.17) is 5.10 Å². The number of fused-ring (bicyclic) bond motifs is 3. The van der Waals surface area contributed by atoms with Crippen LogP contribution in [0.5, 0.6) is 0 Å². The molecule has 2 aliphatic rings. The first kappa shape index (κ1) is 17.0. The van der Waals surface area contributed by atoms with Crippen molar-refractivity contribution in [2.75, 3.05) is 20.1 Å². The van der Waals surface area contributed by atoms with Crippen LogP contribution in [0.1, 0.15) is 29.2 Å². The van der Waals surface area contributed by atoms with E-state index < -0.39 is 0 Å². The Bertz CT molecular complexity index is 1080. The van der Waals surface area contributed by atoms with Crippen LogP contribution >= 0.6 is 0 Å². The molecular formula is C22H22FN5. The first-order valence-corrected chi connectivity index (χ1v) is 9.64. The maximum absolute atomic E-state index is 14.0. The van der Waals surface area contributed by atoms with Gasteiger partial charge in [0, 0.05) is 35.8 Å². The number of halogens is 1. The number of nitrogens with one attached hydrogen (secondary N) is 2. The number of hydrogen-bond acceptors (Lipinski definition) is 4. The Morgan fingerprint density at radius 2 is 2.00 bits per heavy atom. The number of benzene rings is 2. The summed E-state index contributed by atoms with van der Waals surface area (Å²) in [6.07, 6.45) is 1.69. The highest BCUT2D eigenvalue weighted by Gasteiger charge is 2.29. The third-order valence-corrected chi connectivity index (χ3v) is 5.52. The van der Waals surface area contributed by atoms with Crippen molar-refractivity contribution in [3.8, 4) is 0 Å². The number of H-pyrrole nitrogens is 1. The summed E-state index contributed by atoms with van der Waals surface area (Å²) in [7, 11) is 1.91. The maximum Gasteiger partial charge on any atom is 0.214 e. The third kappa shape index (κ3) is 2.95. The van der Waals surface area contributed by atoms with Gasteiger partial charge < -0.3 is 10.3 Å². The van der Waals surface area contributed by atoms with Crippen molar-refractivity contribution in [1.82, 2.24) is 15.3 Å². The Morgan fingerprint density at radius 1 is 1.14 bits per heavy atom. The molecule has 0 radical (unpaired) electrons. The van der Waals surface area contributed by atoms with Crippen LogP contribution in [0.15, 0.2) is 58.6 Å². The Labute approximate surface area is 163 Å². The second kappa shape index (κ2) is 6.78. The predicted molar refractivity (Wildman–Crippen MR) is 110 cm³/mol. The lowest BCUT2D eigenvalue weighted by Gasteiger charge is -2.26. The Kier molecular flexibility index (Phi) is 4.11. The molecule has 1 aliphatic heterocycles. The molecule has 2 N–H and O–H groups in total. The van der Waals surface area contributed by atoms with E-state index in [-0.39, 0.29) is 5.82 Å². The van der Waals surface area contributed by atoms with Gasteiger partial charge in [0.05, 0.1) is 12.3 Å². The molecule has 0 bridgehead atoms. The van der Waals surface area contributed by atoms with Gasteiger partial charge in [0.25, 0.3) is 0 Å². The van der Waals surface area contributed by atoms with Crippen LogP contribution in [-0.2, 0) is 6.42 Å². The average Bonchev–Trinajstić information content (AvgIpc) is 3.36. The van der Waals surface area contributed by atoms with Gasteiger partial charge in [-0.2, -0.15) is 5.10 Å². The SMILES string of the molecule is CN(N=C1CC(c2ccccc2)Cc2[nH]c3ccc(F)cc3c21)C1=NCCN1. The molecule has 0 saturated heterocycles. The second-order valence-corrected chi connectivity index (χ2v) is 7.39. The summed E-state index contributed by atoms with van der Waals surface area (Å²) in [5.74, 6) is 0.883. The van der Waals surface area contributed by atoms with E-state index in [0.717, 1.165) is 59.8 Å². The number of hydrazone groups is 1. The Morgan fingerprint density at radius 3 is 2.79 bits per heavy atom. The molecule has 5 nitrogen and oxygen atoms in total. The van der Waals surface area contributed by atoms with Gasteiger partial charge in [-0.1, -0.05) is 30.3 Å². The summed E-state index contributed by atoms with van der Waals surface area (Å²) in [6, 6.07) is 15.4. The largest absolute Gasteiger partial charge is 0.358 e. The second-order valence-electron chi connectivity index (χ2n) is 7.39. The monoisotopic (exact) mass is 375 g/mol. The fourth-order valence-electron chi connectivity index (χ4n) is 4.24. The van der Waals surface area contributed by atoms with E-state index in [9.17, 15) is 4.39 Å². The zero-order chi connectivity index (χ0) is 19.1. The lowest BCUT2D eigenvalue weighted by Crippen LogP contribution is -2.33. The van der Waals surface area contributed by atoms with Gasteiger partial charge in [-0.05, 0) is 42.5 Å². The smallest absolute Gasteiger partial charge is 0.214 e. The minimum absolute atomic E-state index is 0.228. The summed E-state index contributed by atoms with van der Waals surface area (Å²) >= 11 is 0. The normalized spacial score (nSPS) is 20.1. The zero-order valence-electron chi connectivity index (χ0n) is 15.7. The molecular weight excluding hydrogens is 353 g/mol. The fraction of sp³-hybridized carbons (Fsp3) is 0.273. The highest BCUT2D eigenvalue weighted by molar-refractivity contribution is 6.13. The Hall–Kier alpha value is -3.15. The number of guanidine groups is 1. The zero-order valence-corrected chi connectivity index (χ0v) is 15.7. The number of aliphatic imine (C=N–C) groups is 1. The van der Waals surface area contributed by atoms with Crippen molar-refractivity contribution in [1.29, 1.82) is 0 Å². The first-order chi connectivity index (χ1) is 13.7. The highest BCUT2D eigenvalue weighted by Crippen LogP contribution is 2.37. The van der Waals surface area contributed by atoms with Crippen LogP contribution < -0.4 is 5.32 Å². The van der Waals surface area contributed by atoms with Crippen LogP contribution in [0.2, 0.25) is 0 Å². The van der Waals surface area contributed by atoms with E-state index in [0.29, 0.717) is 5.92 Å². The topological polar surface area (TPSA) is 55.8 Å². The predicted octanol–water partition coefficient (Wildman–Crippen LogP) is 3.63. The molecule has 2 heterocycles. The van der Waals surface area contributed by atoms with Gasteiger partial charge in [-0.25, -0.2) is 14.4 Å². The molecule has 0 fully saturated rings. The average molecular weight is 375 g/mol. The molecule has 142 valence electrons. The van der Waals surface area contributed by atoms with E-state index >= 15 is 0 Å². The molecule has 6 heteroatoms. The van der Waals surface area contributed by atoms with Gasteiger partial charge in [0.1, 0.15) is 5.82 Å². The van der Waals surface area contributed by atoms with Crippen LogP contribution in [-0.4, -0.2) is 41.8 Å². The quantitative estimate of drug-likeness (QED) is 0.672. The highest BCUT2D eigenvalue weighted by atomic mass is 19.1. The third-order valence-electron chi connectivity index (χ3n) is 5.52. The van der Waals surface area contributed by atoms with Gasteiger partial charge in [-0.15, -0.1) is 0 Å². The van der Waals surface area contributed by atoms with Crippen molar-refractivity contribution in [3.05, 3.63) is 71.2 Å². The molecule has 1 atom stereocenters. The van der Waals surface area contributed by atoms with Gasteiger partial charge in [0.2, 0.25) is 5.96 Å². The molecule has 1 aliphatic carbocycles. The number of rotatable bonds is 2. The lowest BCUT2D eigenvalue weighted by molar-refractivity contribution is 0.521.